The van der Waals surface area contributed by atoms with Crippen molar-refractivity contribution in [1.29, 1.82) is 0 Å². The summed E-state index contributed by atoms with van der Waals surface area (Å²) >= 11 is 0. The number of rotatable bonds is 3. The minimum atomic E-state index is -0.0920. The number of benzene rings is 1. The number of anilines is 1. The molecule has 0 aliphatic rings. The first-order chi connectivity index (χ1) is 8.63. The molecular weight excluding hydrogens is 226 g/mol. The molecule has 0 radical (unpaired) electrons. The van der Waals surface area contributed by atoms with Gasteiger partial charge in [-0.15, -0.1) is 0 Å². The van der Waals surface area contributed by atoms with E-state index in [2.05, 4.69) is 0 Å². The highest BCUT2D eigenvalue weighted by atomic mass is 16.3. The molecule has 0 fully saturated rings. The number of amides is 1. The lowest BCUT2D eigenvalue weighted by Gasteiger charge is -2.20. The molecule has 0 bridgehead atoms. The van der Waals surface area contributed by atoms with Gasteiger partial charge in [-0.2, -0.15) is 0 Å². The van der Waals surface area contributed by atoms with E-state index in [4.69, 9.17) is 4.42 Å². The van der Waals surface area contributed by atoms with Crippen LogP contribution in [0.4, 0.5) is 5.69 Å². The molecule has 0 spiro atoms. The van der Waals surface area contributed by atoms with E-state index in [-0.39, 0.29) is 5.91 Å². The first-order valence-electron chi connectivity index (χ1n) is 6.06. The molecule has 18 heavy (non-hydrogen) atoms. The summed E-state index contributed by atoms with van der Waals surface area (Å²) in [5, 5.41) is 0. The van der Waals surface area contributed by atoms with Crippen molar-refractivity contribution < 1.29 is 9.21 Å². The number of aryl methyl sites for hydroxylation is 2. The second-order valence-electron chi connectivity index (χ2n) is 4.32. The number of carbonyl (C=O) groups is 1. The average molecular weight is 243 g/mol. The van der Waals surface area contributed by atoms with E-state index >= 15 is 0 Å². The third kappa shape index (κ3) is 2.30. The topological polar surface area (TPSA) is 33.5 Å². The van der Waals surface area contributed by atoms with Crippen molar-refractivity contribution >= 4 is 11.6 Å². The van der Waals surface area contributed by atoms with Crippen LogP contribution in [0.3, 0.4) is 0 Å². The normalized spacial score (nSPS) is 10.4. The molecule has 0 unspecified atom stereocenters. The maximum absolute atomic E-state index is 12.4. The van der Waals surface area contributed by atoms with Crippen LogP contribution in [0.1, 0.15) is 28.6 Å². The summed E-state index contributed by atoms with van der Waals surface area (Å²) in [5.41, 5.74) is 2.90. The van der Waals surface area contributed by atoms with Gasteiger partial charge in [-0.25, -0.2) is 0 Å². The molecular formula is C15H17NO2. The standard InChI is InChI=1S/C15H17NO2/c1-4-16(13-7-5-6-11(2)10-13)15(17)14-12(3)8-9-18-14/h5-10H,4H2,1-3H3. The van der Waals surface area contributed by atoms with Crippen LogP contribution in [0.5, 0.6) is 0 Å². The lowest BCUT2D eigenvalue weighted by atomic mass is 10.2. The Kier molecular flexibility index (Phi) is 3.51. The van der Waals surface area contributed by atoms with Crippen LogP contribution < -0.4 is 4.90 Å². The van der Waals surface area contributed by atoms with Gasteiger partial charge in [0.15, 0.2) is 5.76 Å². The predicted octanol–water partition coefficient (Wildman–Crippen LogP) is 3.56. The SMILES string of the molecule is CCN(C(=O)c1occc1C)c1cccc(C)c1. The number of carbonyl (C=O) groups excluding carboxylic acids is 1. The van der Waals surface area contributed by atoms with E-state index in [1.54, 1.807) is 17.2 Å². The van der Waals surface area contributed by atoms with Crippen molar-refractivity contribution in [1.82, 2.24) is 0 Å². The molecule has 0 saturated heterocycles. The molecule has 0 N–H and O–H groups in total. The first-order valence-corrected chi connectivity index (χ1v) is 6.06. The fraction of sp³-hybridized carbons (Fsp3) is 0.267. The van der Waals surface area contributed by atoms with Crippen LogP contribution in [-0.2, 0) is 0 Å². The molecule has 2 rings (SSSR count). The fourth-order valence-electron chi connectivity index (χ4n) is 1.95. The predicted molar refractivity (Wildman–Crippen MR) is 72.0 cm³/mol. The highest BCUT2D eigenvalue weighted by molar-refractivity contribution is 6.05. The zero-order valence-corrected chi connectivity index (χ0v) is 10.9. The third-order valence-corrected chi connectivity index (χ3v) is 2.93. The Morgan fingerprint density at radius 1 is 1.28 bits per heavy atom. The summed E-state index contributed by atoms with van der Waals surface area (Å²) in [6.45, 7) is 6.46. The van der Waals surface area contributed by atoms with E-state index < -0.39 is 0 Å². The molecule has 0 saturated carbocycles. The zero-order chi connectivity index (χ0) is 13.1. The van der Waals surface area contributed by atoms with Crippen LogP contribution >= 0.6 is 0 Å². The van der Waals surface area contributed by atoms with E-state index in [1.807, 2.05) is 45.0 Å². The Hall–Kier alpha value is -2.03. The number of hydrogen-bond acceptors (Lipinski definition) is 2. The van der Waals surface area contributed by atoms with Crippen molar-refractivity contribution in [3.63, 3.8) is 0 Å². The molecule has 0 atom stereocenters. The van der Waals surface area contributed by atoms with Gasteiger partial charge in [0.2, 0.25) is 0 Å². The molecule has 1 heterocycles. The van der Waals surface area contributed by atoms with Crippen molar-refractivity contribution in [2.45, 2.75) is 20.8 Å². The summed E-state index contributed by atoms with van der Waals surface area (Å²) in [4.78, 5) is 14.1. The minimum Gasteiger partial charge on any atom is -0.459 e. The molecule has 3 heteroatoms. The van der Waals surface area contributed by atoms with Crippen LogP contribution in [-0.4, -0.2) is 12.5 Å². The van der Waals surface area contributed by atoms with Crippen molar-refractivity contribution in [2.24, 2.45) is 0 Å². The monoisotopic (exact) mass is 243 g/mol. The first kappa shape index (κ1) is 12.4. The largest absolute Gasteiger partial charge is 0.459 e. The summed E-state index contributed by atoms with van der Waals surface area (Å²) in [6.07, 6.45) is 1.55. The van der Waals surface area contributed by atoms with Gasteiger partial charge in [-0.3, -0.25) is 4.79 Å². The van der Waals surface area contributed by atoms with Crippen molar-refractivity contribution in [3.05, 3.63) is 53.5 Å². The Labute approximate surface area is 107 Å². The number of furan rings is 1. The molecule has 1 amide bonds. The minimum absolute atomic E-state index is 0.0920. The van der Waals surface area contributed by atoms with Gasteiger partial charge in [-0.05, 0) is 44.5 Å². The summed E-state index contributed by atoms with van der Waals surface area (Å²) in [6, 6.07) is 9.71. The molecule has 3 nitrogen and oxygen atoms in total. The maximum atomic E-state index is 12.4. The Bertz CT molecular complexity index is 557. The van der Waals surface area contributed by atoms with Gasteiger partial charge in [0.05, 0.1) is 6.26 Å². The molecule has 2 aromatic rings. The summed E-state index contributed by atoms with van der Waals surface area (Å²) < 4.78 is 5.27. The van der Waals surface area contributed by atoms with Gasteiger partial charge in [0.25, 0.3) is 5.91 Å². The van der Waals surface area contributed by atoms with Crippen LogP contribution in [0, 0.1) is 13.8 Å². The van der Waals surface area contributed by atoms with E-state index in [9.17, 15) is 4.79 Å². The van der Waals surface area contributed by atoms with Gasteiger partial charge >= 0.3 is 0 Å². The molecule has 0 aliphatic carbocycles. The summed E-state index contributed by atoms with van der Waals surface area (Å²) in [7, 11) is 0. The van der Waals surface area contributed by atoms with E-state index in [0.717, 1.165) is 16.8 Å². The number of nitrogens with zero attached hydrogens (tertiary/aromatic N) is 1. The van der Waals surface area contributed by atoms with Crippen LogP contribution in [0.25, 0.3) is 0 Å². The number of hydrogen-bond donors (Lipinski definition) is 0. The van der Waals surface area contributed by atoms with Crippen molar-refractivity contribution in [3.8, 4) is 0 Å². The van der Waals surface area contributed by atoms with Gasteiger partial charge in [-0.1, -0.05) is 12.1 Å². The highest BCUT2D eigenvalue weighted by Gasteiger charge is 2.20. The Morgan fingerprint density at radius 2 is 2.06 bits per heavy atom. The zero-order valence-electron chi connectivity index (χ0n) is 10.9. The summed E-state index contributed by atoms with van der Waals surface area (Å²) in [5.74, 6) is 0.323. The quantitative estimate of drug-likeness (QED) is 0.825. The Morgan fingerprint density at radius 3 is 2.61 bits per heavy atom. The third-order valence-electron chi connectivity index (χ3n) is 2.93. The molecule has 1 aromatic carbocycles. The van der Waals surface area contributed by atoms with Gasteiger partial charge < -0.3 is 9.32 Å². The average Bonchev–Trinajstić information content (AvgIpc) is 2.76. The second-order valence-corrected chi connectivity index (χ2v) is 4.32. The van der Waals surface area contributed by atoms with Crippen molar-refractivity contribution in [2.75, 3.05) is 11.4 Å². The molecule has 1 aromatic heterocycles. The lowest BCUT2D eigenvalue weighted by molar-refractivity contribution is 0.0961. The smallest absolute Gasteiger partial charge is 0.294 e. The van der Waals surface area contributed by atoms with E-state index in [0.29, 0.717) is 12.3 Å². The Balaban J connectivity index is 2.35. The van der Waals surface area contributed by atoms with Crippen LogP contribution in [0.2, 0.25) is 0 Å². The fourth-order valence-corrected chi connectivity index (χ4v) is 1.95. The maximum Gasteiger partial charge on any atom is 0.294 e. The molecule has 0 aliphatic heterocycles. The van der Waals surface area contributed by atoms with Gasteiger partial charge in [0, 0.05) is 17.8 Å². The van der Waals surface area contributed by atoms with Crippen LogP contribution in [0.15, 0.2) is 41.0 Å². The van der Waals surface area contributed by atoms with E-state index in [1.165, 1.54) is 0 Å². The van der Waals surface area contributed by atoms with Gasteiger partial charge in [0.1, 0.15) is 0 Å². The lowest BCUT2D eigenvalue weighted by Crippen LogP contribution is -2.30. The molecule has 94 valence electrons. The highest BCUT2D eigenvalue weighted by Crippen LogP contribution is 2.20. The second kappa shape index (κ2) is 5.08.